The van der Waals surface area contributed by atoms with Crippen LogP contribution in [0.15, 0.2) is 10.3 Å². The number of hydrogen-bond donors (Lipinski definition) is 2. The van der Waals surface area contributed by atoms with E-state index in [4.69, 9.17) is 5.11 Å². The molecular formula is C10H19N3O3. The third-order valence-electron chi connectivity index (χ3n) is 2.78. The van der Waals surface area contributed by atoms with Crippen LogP contribution in [-0.4, -0.2) is 46.4 Å². The zero-order valence-electron chi connectivity index (χ0n) is 9.70. The van der Waals surface area contributed by atoms with Crippen LogP contribution < -0.4 is 0 Å². The number of carboxylic acids is 1. The zero-order valence-corrected chi connectivity index (χ0v) is 9.70. The molecule has 92 valence electrons. The molecule has 1 rings (SSSR count). The molecule has 6 heteroatoms. The molecular weight excluding hydrogens is 210 g/mol. The minimum Gasteiger partial charge on any atom is -0.480 e. The van der Waals surface area contributed by atoms with Crippen LogP contribution in [0.2, 0.25) is 0 Å². The number of aliphatic carboxylic acids is 1. The largest absolute Gasteiger partial charge is 0.480 e. The Balaban J connectivity index is 2.29. The van der Waals surface area contributed by atoms with Gasteiger partial charge in [0.1, 0.15) is 0 Å². The summed E-state index contributed by atoms with van der Waals surface area (Å²) < 4.78 is 0. The third kappa shape index (κ3) is 3.77. The minimum atomic E-state index is -0.970. The minimum absolute atomic E-state index is 0.257. The maximum Gasteiger partial charge on any atom is 0.332 e. The third-order valence-corrected chi connectivity index (χ3v) is 2.78. The predicted octanol–water partition coefficient (Wildman–Crippen LogP) is 0.919. The highest BCUT2D eigenvalue weighted by molar-refractivity contribution is 5.74. The van der Waals surface area contributed by atoms with Gasteiger partial charge in [0.25, 0.3) is 0 Å². The molecule has 0 spiro atoms. The van der Waals surface area contributed by atoms with Gasteiger partial charge >= 0.3 is 5.97 Å². The van der Waals surface area contributed by atoms with Gasteiger partial charge in [-0.1, -0.05) is 25.5 Å². The molecule has 0 bridgehead atoms. The summed E-state index contributed by atoms with van der Waals surface area (Å²) in [6.07, 6.45) is 1.26. The summed E-state index contributed by atoms with van der Waals surface area (Å²) in [5, 5.41) is 27.3. The molecule has 0 aromatic heterocycles. The zero-order chi connectivity index (χ0) is 12.1. The van der Waals surface area contributed by atoms with Crippen LogP contribution in [-0.2, 0) is 4.79 Å². The Morgan fingerprint density at radius 2 is 2.31 bits per heavy atom. The smallest absolute Gasteiger partial charge is 0.332 e. The number of carboxylic acid groups (broad SMARTS) is 1. The SMILES string of the molecule is CCC(C)CC(O)CN1CC(C(=O)O)N=N1. The van der Waals surface area contributed by atoms with Gasteiger partial charge in [0.15, 0.2) is 6.04 Å². The molecule has 0 aromatic rings. The molecule has 16 heavy (non-hydrogen) atoms. The van der Waals surface area contributed by atoms with Crippen LogP contribution in [0.5, 0.6) is 0 Å². The lowest BCUT2D eigenvalue weighted by Gasteiger charge is -2.19. The van der Waals surface area contributed by atoms with Crippen LogP contribution in [0, 0.1) is 5.92 Å². The number of β-amino-alcohol motifs (C(OH)–C–C–N with tert-alkyl or cyclic N) is 1. The van der Waals surface area contributed by atoms with E-state index in [0.29, 0.717) is 18.9 Å². The van der Waals surface area contributed by atoms with Crippen molar-refractivity contribution in [3.8, 4) is 0 Å². The lowest BCUT2D eigenvalue weighted by atomic mass is 10.0. The number of rotatable bonds is 6. The maximum atomic E-state index is 10.6. The summed E-state index contributed by atoms with van der Waals surface area (Å²) >= 11 is 0. The fourth-order valence-electron chi connectivity index (χ4n) is 1.60. The Morgan fingerprint density at radius 3 is 2.81 bits per heavy atom. The molecule has 0 aliphatic carbocycles. The Bertz CT molecular complexity index is 270. The van der Waals surface area contributed by atoms with Crippen LogP contribution in [0.25, 0.3) is 0 Å². The van der Waals surface area contributed by atoms with Gasteiger partial charge in [0.05, 0.1) is 19.2 Å². The topological polar surface area (TPSA) is 85.5 Å². The predicted molar refractivity (Wildman–Crippen MR) is 57.9 cm³/mol. The highest BCUT2D eigenvalue weighted by atomic mass is 16.4. The Morgan fingerprint density at radius 1 is 1.62 bits per heavy atom. The van der Waals surface area contributed by atoms with Crippen molar-refractivity contribution in [1.82, 2.24) is 5.01 Å². The fraction of sp³-hybridized carbons (Fsp3) is 0.900. The van der Waals surface area contributed by atoms with E-state index in [1.54, 1.807) is 0 Å². The van der Waals surface area contributed by atoms with E-state index in [2.05, 4.69) is 24.2 Å². The molecule has 2 N–H and O–H groups in total. The van der Waals surface area contributed by atoms with Crippen molar-refractivity contribution in [2.24, 2.45) is 16.3 Å². The second-order valence-corrected chi connectivity index (χ2v) is 4.33. The molecule has 0 saturated heterocycles. The van der Waals surface area contributed by atoms with Crippen molar-refractivity contribution < 1.29 is 15.0 Å². The van der Waals surface area contributed by atoms with E-state index >= 15 is 0 Å². The first-order valence-electron chi connectivity index (χ1n) is 5.59. The van der Waals surface area contributed by atoms with Gasteiger partial charge < -0.3 is 10.2 Å². The van der Waals surface area contributed by atoms with Crippen LogP contribution in [0.3, 0.4) is 0 Å². The molecule has 1 heterocycles. The van der Waals surface area contributed by atoms with Crippen LogP contribution in [0.1, 0.15) is 26.7 Å². The highest BCUT2D eigenvalue weighted by Crippen LogP contribution is 2.14. The first-order chi connectivity index (χ1) is 7.52. The molecule has 0 amide bonds. The number of nitrogens with zero attached hydrogens (tertiary/aromatic N) is 3. The van der Waals surface area contributed by atoms with Crippen molar-refractivity contribution in [3.05, 3.63) is 0 Å². The lowest BCUT2D eigenvalue weighted by molar-refractivity contribution is -0.138. The maximum absolute atomic E-state index is 10.6. The van der Waals surface area contributed by atoms with Crippen molar-refractivity contribution in [2.45, 2.75) is 38.8 Å². The molecule has 0 aromatic carbocycles. The number of hydrogen-bond acceptors (Lipinski definition) is 5. The van der Waals surface area contributed by atoms with E-state index in [1.807, 2.05) is 0 Å². The molecule has 1 aliphatic heterocycles. The molecule has 6 nitrogen and oxygen atoms in total. The standard InChI is InChI=1S/C10H19N3O3/c1-3-7(2)4-8(14)5-13-6-9(10(15)16)11-12-13/h7-9,14H,3-6H2,1-2H3,(H,15,16). The van der Waals surface area contributed by atoms with Gasteiger partial charge in [0.2, 0.25) is 0 Å². The van der Waals surface area contributed by atoms with E-state index in [9.17, 15) is 9.90 Å². The van der Waals surface area contributed by atoms with Crippen LogP contribution >= 0.6 is 0 Å². The quantitative estimate of drug-likeness (QED) is 0.709. The number of aliphatic hydroxyl groups is 1. The van der Waals surface area contributed by atoms with Gasteiger partial charge in [0, 0.05) is 0 Å². The normalized spacial score (nSPS) is 23.4. The van der Waals surface area contributed by atoms with Gasteiger partial charge in [-0.15, -0.1) is 0 Å². The second kappa shape index (κ2) is 5.79. The first kappa shape index (κ1) is 12.9. The van der Waals surface area contributed by atoms with E-state index in [0.717, 1.165) is 6.42 Å². The van der Waals surface area contributed by atoms with Crippen molar-refractivity contribution >= 4 is 5.97 Å². The second-order valence-electron chi connectivity index (χ2n) is 4.33. The summed E-state index contributed by atoms with van der Waals surface area (Å²) in [5.74, 6) is -0.507. The Hall–Kier alpha value is -1.17. The van der Waals surface area contributed by atoms with Gasteiger partial charge in [-0.3, -0.25) is 5.01 Å². The molecule has 0 fully saturated rings. The van der Waals surface area contributed by atoms with Crippen molar-refractivity contribution in [3.63, 3.8) is 0 Å². The van der Waals surface area contributed by atoms with E-state index in [1.165, 1.54) is 5.01 Å². The van der Waals surface area contributed by atoms with Crippen LogP contribution in [0.4, 0.5) is 0 Å². The van der Waals surface area contributed by atoms with Crippen molar-refractivity contribution in [1.29, 1.82) is 0 Å². The lowest BCUT2D eigenvalue weighted by Crippen LogP contribution is -2.33. The monoisotopic (exact) mass is 229 g/mol. The molecule has 1 aliphatic rings. The van der Waals surface area contributed by atoms with Crippen molar-refractivity contribution in [2.75, 3.05) is 13.1 Å². The van der Waals surface area contributed by atoms with Gasteiger partial charge in [-0.2, -0.15) is 5.11 Å². The number of aliphatic hydroxyl groups excluding tert-OH is 1. The Labute approximate surface area is 94.9 Å². The van der Waals surface area contributed by atoms with Gasteiger partial charge in [-0.05, 0) is 12.3 Å². The number of carbonyl (C=O) groups is 1. The van der Waals surface area contributed by atoms with E-state index in [-0.39, 0.29) is 6.54 Å². The van der Waals surface area contributed by atoms with Gasteiger partial charge in [-0.25, -0.2) is 4.79 Å². The average Bonchev–Trinajstić information content (AvgIpc) is 2.65. The first-order valence-corrected chi connectivity index (χ1v) is 5.59. The summed E-state index contributed by atoms with van der Waals surface area (Å²) in [7, 11) is 0. The average molecular weight is 229 g/mol. The molecule has 3 atom stereocenters. The molecule has 0 radical (unpaired) electrons. The summed E-state index contributed by atoms with van der Waals surface area (Å²) in [4.78, 5) is 10.6. The summed E-state index contributed by atoms with van der Waals surface area (Å²) in [6.45, 7) is 4.77. The molecule has 3 unspecified atom stereocenters. The molecule has 0 saturated carbocycles. The fourth-order valence-corrected chi connectivity index (χ4v) is 1.60. The summed E-state index contributed by atoms with van der Waals surface area (Å²) in [5.41, 5.74) is 0. The Kier molecular flexibility index (Phi) is 4.67. The van der Waals surface area contributed by atoms with E-state index < -0.39 is 18.1 Å². The highest BCUT2D eigenvalue weighted by Gasteiger charge is 2.26. The summed E-state index contributed by atoms with van der Waals surface area (Å²) in [6, 6.07) is -0.782.